The van der Waals surface area contributed by atoms with Gasteiger partial charge < -0.3 is 20.1 Å². The van der Waals surface area contributed by atoms with Crippen LogP contribution < -0.4 is 0 Å². The van der Waals surface area contributed by atoms with Gasteiger partial charge in [0.05, 0.1) is 18.8 Å². The normalized spacial score (nSPS) is 24.9. The largest absolute Gasteiger partial charge is 0.481 e. The number of Topliss-reactive ketones (excluding diaryl/α,β-unsaturated/α-hetero) is 1. The number of carboxylic acids is 1. The molecule has 0 radical (unpaired) electrons. The summed E-state index contributed by atoms with van der Waals surface area (Å²) in [7, 11) is 0. The summed E-state index contributed by atoms with van der Waals surface area (Å²) in [5.41, 5.74) is -0.459. The molecule has 0 unspecified atom stereocenters. The fourth-order valence-electron chi connectivity index (χ4n) is 3.20. The van der Waals surface area contributed by atoms with Gasteiger partial charge in [0, 0.05) is 36.7 Å². The number of allylic oxidation sites excluding steroid dienone is 2. The number of carboxylic acid groups (broad SMARTS) is 1. The monoisotopic (exact) mass is 382 g/mol. The predicted octanol–water partition coefficient (Wildman–Crippen LogP) is 2.73. The summed E-state index contributed by atoms with van der Waals surface area (Å²) in [6.45, 7) is 6.72. The molecular weight excluding hydrogens is 348 g/mol. The van der Waals surface area contributed by atoms with Gasteiger partial charge in [-0.25, -0.2) is 0 Å². The van der Waals surface area contributed by atoms with Crippen LogP contribution >= 0.6 is 0 Å². The van der Waals surface area contributed by atoms with Gasteiger partial charge in [0.15, 0.2) is 0 Å². The Balaban J connectivity index is 2.63. The molecule has 0 amide bonds. The lowest BCUT2D eigenvalue weighted by Gasteiger charge is -2.28. The molecular formula is C21H34O6. The van der Waals surface area contributed by atoms with Crippen molar-refractivity contribution in [3.05, 3.63) is 24.3 Å². The summed E-state index contributed by atoms with van der Waals surface area (Å²) in [5.74, 6) is -1.42. The Morgan fingerprint density at radius 3 is 2.70 bits per heavy atom. The van der Waals surface area contributed by atoms with Crippen molar-refractivity contribution in [2.24, 2.45) is 17.3 Å². The fourth-order valence-corrected chi connectivity index (χ4v) is 3.20. The molecule has 0 aromatic heterocycles. The Bertz CT molecular complexity index is 537. The van der Waals surface area contributed by atoms with E-state index in [1.54, 1.807) is 12.2 Å². The molecule has 0 heterocycles. The number of aliphatic carboxylic acids is 1. The zero-order valence-electron chi connectivity index (χ0n) is 16.6. The number of ketones is 1. The van der Waals surface area contributed by atoms with Crippen LogP contribution in [-0.2, 0) is 14.3 Å². The highest BCUT2D eigenvalue weighted by Crippen LogP contribution is 2.34. The fraction of sp³-hybridized carbons (Fsp3) is 0.714. The molecule has 3 N–H and O–H groups in total. The minimum absolute atomic E-state index is 0.0235. The zero-order chi connectivity index (χ0) is 20.4. The first-order valence-corrected chi connectivity index (χ1v) is 9.70. The van der Waals surface area contributed by atoms with E-state index in [2.05, 4.69) is 0 Å². The molecule has 6 nitrogen and oxygen atoms in total. The number of aliphatic hydroxyl groups is 2. The number of unbranched alkanes of at least 4 members (excludes halogenated alkanes) is 1. The van der Waals surface area contributed by atoms with Crippen molar-refractivity contribution >= 4 is 11.8 Å². The van der Waals surface area contributed by atoms with E-state index in [1.807, 2.05) is 32.9 Å². The molecule has 4 atom stereocenters. The molecule has 0 bridgehead atoms. The highest BCUT2D eigenvalue weighted by molar-refractivity contribution is 5.84. The highest BCUT2D eigenvalue weighted by Gasteiger charge is 2.39. The van der Waals surface area contributed by atoms with Crippen molar-refractivity contribution in [3.63, 3.8) is 0 Å². The van der Waals surface area contributed by atoms with E-state index in [9.17, 15) is 19.8 Å². The van der Waals surface area contributed by atoms with E-state index >= 15 is 0 Å². The third-order valence-corrected chi connectivity index (χ3v) is 5.05. The molecule has 1 aliphatic rings. The Labute approximate surface area is 161 Å². The first-order valence-electron chi connectivity index (χ1n) is 9.70. The van der Waals surface area contributed by atoms with E-state index in [-0.39, 0.29) is 30.5 Å². The summed E-state index contributed by atoms with van der Waals surface area (Å²) in [6.07, 6.45) is 7.72. The van der Waals surface area contributed by atoms with Gasteiger partial charge in [-0.2, -0.15) is 0 Å². The first kappa shape index (κ1) is 23.5. The molecule has 0 spiro atoms. The molecule has 1 saturated carbocycles. The van der Waals surface area contributed by atoms with Crippen LogP contribution in [-0.4, -0.2) is 52.5 Å². The van der Waals surface area contributed by atoms with Crippen molar-refractivity contribution in [2.75, 3.05) is 13.2 Å². The Kier molecular flexibility index (Phi) is 9.91. The van der Waals surface area contributed by atoms with Gasteiger partial charge >= 0.3 is 5.97 Å². The molecule has 0 saturated heterocycles. The maximum absolute atomic E-state index is 12.2. The zero-order valence-corrected chi connectivity index (χ0v) is 16.6. The number of carbonyl (C=O) groups is 2. The van der Waals surface area contributed by atoms with Crippen LogP contribution in [0.25, 0.3) is 0 Å². The van der Waals surface area contributed by atoms with E-state index in [0.29, 0.717) is 32.5 Å². The SMILES string of the molecule is CCOCC(C)(C)[C@@H](O)/C=C/[C@H]1[C@H](CC=CCCCC(=O)O)C(=O)C[C@@H]1O. The second-order valence-electron chi connectivity index (χ2n) is 7.87. The molecule has 1 rings (SSSR count). The maximum Gasteiger partial charge on any atom is 0.303 e. The van der Waals surface area contributed by atoms with Crippen molar-refractivity contribution in [1.82, 2.24) is 0 Å². The lowest BCUT2D eigenvalue weighted by molar-refractivity contribution is -0.137. The number of aliphatic hydroxyl groups excluding tert-OH is 2. The van der Waals surface area contributed by atoms with E-state index < -0.39 is 23.6 Å². The summed E-state index contributed by atoms with van der Waals surface area (Å²) >= 11 is 0. The lowest BCUT2D eigenvalue weighted by atomic mass is 9.85. The summed E-state index contributed by atoms with van der Waals surface area (Å²) in [6, 6.07) is 0. The molecule has 6 heteroatoms. The third kappa shape index (κ3) is 7.95. The maximum atomic E-state index is 12.2. The van der Waals surface area contributed by atoms with Crippen molar-refractivity contribution < 1.29 is 29.6 Å². The van der Waals surface area contributed by atoms with E-state index in [1.165, 1.54) is 0 Å². The molecule has 1 fully saturated rings. The first-order chi connectivity index (χ1) is 12.7. The molecule has 0 aromatic carbocycles. The highest BCUT2D eigenvalue weighted by atomic mass is 16.5. The van der Waals surface area contributed by atoms with Crippen LogP contribution in [0.3, 0.4) is 0 Å². The van der Waals surface area contributed by atoms with Crippen molar-refractivity contribution in [2.45, 2.75) is 65.1 Å². The molecule has 0 aliphatic heterocycles. The van der Waals surface area contributed by atoms with Crippen LogP contribution in [0.1, 0.15) is 52.9 Å². The minimum atomic E-state index is -0.812. The Hall–Kier alpha value is -1.50. The van der Waals surface area contributed by atoms with Crippen LogP contribution in [0.2, 0.25) is 0 Å². The lowest BCUT2D eigenvalue weighted by Crippen LogP contribution is -2.33. The Morgan fingerprint density at radius 2 is 2.07 bits per heavy atom. The summed E-state index contributed by atoms with van der Waals surface area (Å²) < 4.78 is 5.41. The van der Waals surface area contributed by atoms with Crippen LogP contribution in [0, 0.1) is 17.3 Å². The molecule has 27 heavy (non-hydrogen) atoms. The van der Waals surface area contributed by atoms with Gasteiger partial charge in [-0.1, -0.05) is 38.2 Å². The van der Waals surface area contributed by atoms with Crippen molar-refractivity contribution in [3.8, 4) is 0 Å². The average molecular weight is 382 g/mol. The van der Waals surface area contributed by atoms with Crippen molar-refractivity contribution in [1.29, 1.82) is 0 Å². The van der Waals surface area contributed by atoms with Crippen LogP contribution in [0.15, 0.2) is 24.3 Å². The molecule has 154 valence electrons. The predicted molar refractivity (Wildman–Crippen MR) is 103 cm³/mol. The van der Waals surface area contributed by atoms with Gasteiger partial charge in [-0.3, -0.25) is 9.59 Å². The average Bonchev–Trinajstić information content (AvgIpc) is 2.86. The van der Waals surface area contributed by atoms with Gasteiger partial charge in [-0.05, 0) is 26.2 Å². The second kappa shape index (κ2) is 11.4. The third-order valence-electron chi connectivity index (χ3n) is 5.05. The van der Waals surface area contributed by atoms with Gasteiger partial charge in [0.2, 0.25) is 0 Å². The van der Waals surface area contributed by atoms with E-state index in [4.69, 9.17) is 9.84 Å². The Morgan fingerprint density at radius 1 is 1.37 bits per heavy atom. The molecule has 1 aliphatic carbocycles. The number of ether oxygens (including phenoxy) is 1. The van der Waals surface area contributed by atoms with Gasteiger partial charge in [-0.15, -0.1) is 0 Å². The van der Waals surface area contributed by atoms with Crippen LogP contribution in [0.4, 0.5) is 0 Å². The topological polar surface area (TPSA) is 104 Å². The van der Waals surface area contributed by atoms with Gasteiger partial charge in [0.1, 0.15) is 5.78 Å². The smallest absolute Gasteiger partial charge is 0.303 e. The minimum Gasteiger partial charge on any atom is -0.481 e. The number of carbonyl (C=O) groups excluding carboxylic acids is 1. The number of hydrogen-bond donors (Lipinski definition) is 3. The molecule has 0 aromatic rings. The second-order valence-corrected chi connectivity index (χ2v) is 7.87. The number of rotatable bonds is 12. The van der Waals surface area contributed by atoms with E-state index in [0.717, 1.165) is 0 Å². The quantitative estimate of drug-likeness (QED) is 0.354. The van der Waals surface area contributed by atoms with Gasteiger partial charge in [0.25, 0.3) is 0 Å². The number of hydrogen-bond acceptors (Lipinski definition) is 5. The summed E-state index contributed by atoms with van der Waals surface area (Å²) in [5, 5.41) is 29.3. The summed E-state index contributed by atoms with van der Waals surface area (Å²) in [4.78, 5) is 22.7. The van der Waals surface area contributed by atoms with Crippen LogP contribution in [0.5, 0.6) is 0 Å². The standard InChI is InChI=1S/C21H34O6/c1-4-27-14-21(2,3)19(24)12-11-16-15(17(22)13-18(16)23)9-7-5-6-8-10-20(25)26/h5,7,11-12,15-16,18-19,23-24H,4,6,8-10,13-14H2,1-3H3,(H,25,26)/b7-5?,12-11+/t15-,16-,18-,19-/m0/s1.